The zero-order valence-corrected chi connectivity index (χ0v) is 14.0. The molecule has 23 heavy (non-hydrogen) atoms. The van der Waals surface area contributed by atoms with Crippen LogP contribution in [-0.4, -0.2) is 4.68 Å². The number of benzene rings is 1. The normalized spacial score (nSPS) is 15.4. The van der Waals surface area contributed by atoms with Crippen LogP contribution in [0.25, 0.3) is 11.3 Å². The van der Waals surface area contributed by atoms with Gasteiger partial charge in [-0.15, -0.1) is 14.9 Å². The topological polar surface area (TPSA) is 101 Å². The van der Waals surface area contributed by atoms with Gasteiger partial charge >= 0.3 is 0 Å². The third kappa shape index (κ3) is 5.02. The Morgan fingerprint density at radius 2 is 1.57 bits per heavy atom. The molecule has 0 N–H and O–H groups in total. The Balaban J connectivity index is 0.000000338. The molecule has 1 aliphatic carbocycles. The number of aromatic nitrogens is 2. The van der Waals surface area contributed by atoms with E-state index >= 15 is 0 Å². The van der Waals surface area contributed by atoms with Crippen molar-refractivity contribution in [3.63, 3.8) is 0 Å². The molecule has 0 atom stereocenters. The second-order valence-electron chi connectivity index (χ2n) is 5.73. The zero-order chi connectivity index (χ0) is 17.0. The highest BCUT2D eigenvalue weighted by molar-refractivity contribution is 5.56. The van der Waals surface area contributed by atoms with Crippen molar-refractivity contribution in [1.29, 1.82) is 0 Å². The van der Waals surface area contributed by atoms with E-state index in [1.165, 1.54) is 42.6 Å². The first-order valence-corrected chi connectivity index (χ1v) is 8.74. The summed E-state index contributed by atoms with van der Waals surface area (Å²) in [5.41, 5.74) is 4.12. The van der Waals surface area contributed by atoms with E-state index in [-0.39, 0.29) is 0 Å². The lowest BCUT2D eigenvalue weighted by Gasteiger charge is -2.17. The first kappa shape index (κ1) is 17.9. The lowest BCUT2D eigenvalue weighted by molar-refractivity contribution is -2.00. The van der Waals surface area contributed by atoms with Crippen molar-refractivity contribution in [3.05, 3.63) is 42.1 Å². The summed E-state index contributed by atoms with van der Waals surface area (Å²) in [5, 5.41) is 0. The summed E-state index contributed by atoms with van der Waals surface area (Å²) in [6.45, 7) is 0. The summed E-state index contributed by atoms with van der Waals surface area (Å²) in [6.07, 6.45) is 5.48. The average Bonchev–Trinajstić information content (AvgIpc) is 3.08. The largest absolute Gasteiger partial charge is 0.238 e. The molecule has 0 aliphatic heterocycles. The standard InChI is InChI=1S/C16H21N2.ClHO4/c1-17-15(13-8-4-3-5-9-13)12-16(18(17)2)14-10-6-7-11-14;2-1(3,4)5/h3-5,8-9,12,14H,6-7,10-11H2,1-2H3;(H,2,3,4,5)/q+1;/p-1. The number of rotatable bonds is 2. The molecule has 0 radical (unpaired) electrons. The van der Waals surface area contributed by atoms with Gasteiger partial charge in [0.2, 0.25) is 5.69 Å². The van der Waals surface area contributed by atoms with Crippen LogP contribution in [0.3, 0.4) is 0 Å². The van der Waals surface area contributed by atoms with Crippen molar-refractivity contribution >= 4 is 0 Å². The maximum Gasteiger partial charge on any atom is 0.238 e. The molecule has 1 saturated carbocycles. The first-order valence-electron chi connectivity index (χ1n) is 7.50. The minimum atomic E-state index is -4.94. The number of hydrogen-bond acceptors (Lipinski definition) is 4. The van der Waals surface area contributed by atoms with E-state index in [0.717, 1.165) is 5.92 Å². The van der Waals surface area contributed by atoms with E-state index in [1.807, 2.05) is 0 Å². The Hall–Kier alpha value is -1.44. The van der Waals surface area contributed by atoms with E-state index < -0.39 is 10.2 Å². The highest BCUT2D eigenvalue weighted by atomic mass is 35.7. The predicted octanol–water partition coefficient (Wildman–Crippen LogP) is -1.58. The number of hydrogen-bond donors (Lipinski definition) is 0. The second-order valence-corrected chi connectivity index (χ2v) is 6.48. The van der Waals surface area contributed by atoms with Crippen LogP contribution in [0.2, 0.25) is 0 Å². The summed E-state index contributed by atoms with van der Waals surface area (Å²) in [5.74, 6) is 0.763. The van der Waals surface area contributed by atoms with Gasteiger partial charge in [0.05, 0.1) is 12.7 Å². The van der Waals surface area contributed by atoms with E-state index in [9.17, 15) is 0 Å². The van der Waals surface area contributed by atoms with Crippen LogP contribution in [-0.2, 0) is 14.1 Å². The van der Waals surface area contributed by atoms with E-state index in [1.54, 1.807) is 0 Å². The summed E-state index contributed by atoms with van der Waals surface area (Å²) in [4.78, 5) is 0. The maximum absolute atomic E-state index is 8.49. The van der Waals surface area contributed by atoms with Crippen LogP contribution in [0.5, 0.6) is 0 Å². The van der Waals surface area contributed by atoms with Crippen LogP contribution >= 0.6 is 0 Å². The molecular weight excluding hydrogens is 320 g/mol. The molecule has 6 nitrogen and oxygen atoms in total. The van der Waals surface area contributed by atoms with Crippen molar-refractivity contribution in [2.24, 2.45) is 14.1 Å². The monoisotopic (exact) mass is 340 g/mol. The van der Waals surface area contributed by atoms with Crippen LogP contribution in [0.15, 0.2) is 36.4 Å². The minimum Gasteiger partial charge on any atom is -0.222 e. The minimum absolute atomic E-state index is 0.763. The molecule has 3 rings (SSSR count). The Labute approximate surface area is 137 Å². The van der Waals surface area contributed by atoms with Gasteiger partial charge in [0, 0.05) is 17.5 Å². The van der Waals surface area contributed by atoms with Crippen molar-refractivity contribution in [2.75, 3.05) is 0 Å². The fourth-order valence-corrected chi connectivity index (χ4v) is 3.14. The Morgan fingerprint density at radius 1 is 1.04 bits per heavy atom. The highest BCUT2D eigenvalue weighted by Crippen LogP contribution is 2.34. The van der Waals surface area contributed by atoms with Crippen LogP contribution in [0.1, 0.15) is 37.3 Å². The molecule has 1 heterocycles. The van der Waals surface area contributed by atoms with Crippen molar-refractivity contribution in [1.82, 2.24) is 4.68 Å². The van der Waals surface area contributed by atoms with Crippen LogP contribution in [0, 0.1) is 10.2 Å². The molecule has 1 fully saturated rings. The third-order valence-corrected chi connectivity index (χ3v) is 4.30. The first-order chi connectivity index (χ1) is 10.8. The molecule has 0 unspecified atom stereocenters. The summed E-state index contributed by atoms with van der Waals surface area (Å²) in [7, 11) is -0.610. The van der Waals surface area contributed by atoms with Gasteiger partial charge in [0.15, 0.2) is 7.05 Å². The summed E-state index contributed by atoms with van der Waals surface area (Å²) >= 11 is 0. The fraction of sp³-hybridized carbons (Fsp3) is 0.438. The van der Waals surface area contributed by atoms with Crippen LogP contribution < -0.4 is 23.3 Å². The molecule has 1 aliphatic rings. The predicted molar refractivity (Wildman–Crippen MR) is 73.2 cm³/mol. The van der Waals surface area contributed by atoms with Crippen molar-refractivity contribution in [2.45, 2.75) is 31.6 Å². The van der Waals surface area contributed by atoms with Gasteiger partial charge in [0.1, 0.15) is 0 Å². The maximum atomic E-state index is 8.49. The molecule has 126 valence electrons. The number of halogens is 1. The third-order valence-electron chi connectivity index (χ3n) is 4.30. The van der Waals surface area contributed by atoms with Gasteiger partial charge in [0.25, 0.3) is 0 Å². The molecule has 0 bridgehead atoms. The molecule has 0 amide bonds. The zero-order valence-electron chi connectivity index (χ0n) is 13.3. The van der Waals surface area contributed by atoms with Crippen molar-refractivity contribution in [3.8, 4) is 11.3 Å². The summed E-state index contributed by atoms with van der Waals surface area (Å²) in [6, 6.07) is 13.0. The molecular formula is C16H21ClN2O4. The number of nitrogens with zero attached hydrogens (tertiary/aromatic N) is 2. The molecule has 0 spiro atoms. The highest BCUT2D eigenvalue weighted by Gasteiger charge is 2.26. The smallest absolute Gasteiger partial charge is 0.222 e. The van der Waals surface area contributed by atoms with E-state index in [0.29, 0.717) is 0 Å². The quantitative estimate of drug-likeness (QED) is 0.616. The van der Waals surface area contributed by atoms with Gasteiger partial charge in [-0.1, -0.05) is 31.0 Å². The molecule has 1 aromatic carbocycles. The van der Waals surface area contributed by atoms with Gasteiger partial charge in [-0.05, 0) is 25.0 Å². The second kappa shape index (κ2) is 7.42. The van der Waals surface area contributed by atoms with Crippen LogP contribution in [0.4, 0.5) is 0 Å². The molecule has 0 saturated heterocycles. The summed E-state index contributed by atoms with van der Waals surface area (Å²) < 4.78 is 38.6. The van der Waals surface area contributed by atoms with E-state index in [2.05, 4.69) is 59.9 Å². The average molecular weight is 341 g/mol. The lowest BCUT2D eigenvalue weighted by atomic mass is 10.0. The van der Waals surface area contributed by atoms with Gasteiger partial charge in [-0.25, -0.2) is 18.6 Å². The Bertz CT molecular complexity index is 626. The molecule has 2 aromatic rings. The van der Waals surface area contributed by atoms with Crippen molar-refractivity contribution < 1.29 is 33.6 Å². The van der Waals surface area contributed by atoms with Gasteiger partial charge in [-0.2, -0.15) is 4.68 Å². The molecule has 7 heteroatoms. The molecule has 1 aromatic heterocycles. The lowest BCUT2D eigenvalue weighted by Crippen LogP contribution is -2.68. The Morgan fingerprint density at radius 3 is 2.09 bits per heavy atom. The SMILES string of the molecule is Cn1c(C2CCCC2)cc(-c2ccccc2)[n+]1C.[O-][Cl+3]([O-])([O-])[O-]. The fourth-order valence-electron chi connectivity index (χ4n) is 3.14. The van der Waals surface area contributed by atoms with Gasteiger partial charge < -0.3 is 0 Å². The van der Waals surface area contributed by atoms with E-state index in [4.69, 9.17) is 18.6 Å². The Kier molecular flexibility index (Phi) is 5.78. The van der Waals surface area contributed by atoms with Gasteiger partial charge in [-0.3, -0.25) is 0 Å².